The van der Waals surface area contributed by atoms with Gasteiger partial charge in [-0.1, -0.05) is 29.3 Å². The Morgan fingerprint density at radius 3 is 2.47 bits per heavy atom. The third kappa shape index (κ3) is 2.67. The standard InChI is InChI=1S/C14H11Cl2NO2/c1-19-12-6-5-8(7-10(12)16)14(18)13-9(15)3-2-4-11(13)17/h2-7H,17H2,1H3. The van der Waals surface area contributed by atoms with Crippen molar-refractivity contribution in [1.82, 2.24) is 0 Å². The Kier molecular flexibility index (Phi) is 3.98. The summed E-state index contributed by atoms with van der Waals surface area (Å²) >= 11 is 12.0. The lowest BCUT2D eigenvalue weighted by atomic mass is 10.0. The first-order valence-corrected chi connectivity index (χ1v) is 6.22. The molecular formula is C14H11Cl2NO2. The Morgan fingerprint density at radius 2 is 1.89 bits per heavy atom. The number of anilines is 1. The van der Waals surface area contributed by atoms with E-state index in [1.807, 2.05) is 0 Å². The van der Waals surface area contributed by atoms with Gasteiger partial charge in [0.05, 0.1) is 22.7 Å². The molecule has 0 atom stereocenters. The number of nitrogen functional groups attached to an aromatic ring is 1. The highest BCUT2D eigenvalue weighted by Gasteiger charge is 2.17. The van der Waals surface area contributed by atoms with Gasteiger partial charge in [-0.05, 0) is 30.3 Å². The van der Waals surface area contributed by atoms with Gasteiger partial charge in [-0.3, -0.25) is 4.79 Å². The second-order valence-electron chi connectivity index (χ2n) is 3.88. The van der Waals surface area contributed by atoms with Gasteiger partial charge < -0.3 is 10.5 Å². The molecular weight excluding hydrogens is 285 g/mol. The Hall–Kier alpha value is -1.71. The molecule has 2 rings (SSSR count). The topological polar surface area (TPSA) is 52.3 Å². The van der Waals surface area contributed by atoms with Crippen LogP contribution in [-0.4, -0.2) is 12.9 Å². The fourth-order valence-corrected chi connectivity index (χ4v) is 2.26. The molecule has 0 saturated heterocycles. The predicted molar refractivity (Wildman–Crippen MR) is 77.3 cm³/mol. The maximum Gasteiger partial charge on any atom is 0.196 e. The van der Waals surface area contributed by atoms with Crippen LogP contribution in [-0.2, 0) is 0 Å². The van der Waals surface area contributed by atoms with Crippen LogP contribution < -0.4 is 10.5 Å². The molecule has 3 nitrogen and oxygen atoms in total. The highest BCUT2D eigenvalue weighted by atomic mass is 35.5. The zero-order valence-corrected chi connectivity index (χ0v) is 11.6. The normalized spacial score (nSPS) is 10.3. The molecule has 0 radical (unpaired) electrons. The van der Waals surface area contributed by atoms with Crippen LogP contribution in [0.3, 0.4) is 0 Å². The van der Waals surface area contributed by atoms with E-state index in [0.717, 1.165) is 0 Å². The number of ketones is 1. The molecule has 0 aliphatic heterocycles. The first-order chi connectivity index (χ1) is 9.04. The molecule has 0 heterocycles. The first kappa shape index (κ1) is 13.7. The summed E-state index contributed by atoms with van der Waals surface area (Å²) in [5, 5.41) is 0.677. The number of carbonyl (C=O) groups excluding carboxylic acids is 1. The molecule has 0 saturated carbocycles. The van der Waals surface area contributed by atoms with Gasteiger partial charge >= 0.3 is 0 Å². The fourth-order valence-electron chi connectivity index (χ4n) is 1.73. The number of hydrogen-bond acceptors (Lipinski definition) is 3. The minimum atomic E-state index is -0.271. The van der Waals surface area contributed by atoms with Crippen molar-refractivity contribution in [2.24, 2.45) is 0 Å². The summed E-state index contributed by atoms with van der Waals surface area (Å²) in [7, 11) is 1.51. The van der Waals surface area contributed by atoms with Gasteiger partial charge in [-0.15, -0.1) is 0 Å². The molecule has 0 aliphatic carbocycles. The van der Waals surface area contributed by atoms with Gasteiger partial charge in [-0.2, -0.15) is 0 Å². The van der Waals surface area contributed by atoms with E-state index in [1.54, 1.807) is 30.3 Å². The lowest BCUT2D eigenvalue weighted by Gasteiger charge is -2.08. The SMILES string of the molecule is COc1ccc(C(=O)c2c(N)cccc2Cl)cc1Cl. The Bertz CT molecular complexity index is 621. The van der Waals surface area contributed by atoms with Gasteiger partial charge in [0, 0.05) is 11.3 Å². The van der Waals surface area contributed by atoms with Crippen LogP contribution in [0.1, 0.15) is 15.9 Å². The van der Waals surface area contributed by atoms with Crippen LogP contribution in [0, 0.1) is 0 Å². The molecule has 0 aliphatic rings. The predicted octanol–water partition coefficient (Wildman–Crippen LogP) is 3.82. The molecule has 0 aromatic heterocycles. The van der Waals surface area contributed by atoms with Crippen molar-refractivity contribution in [3.05, 3.63) is 57.6 Å². The van der Waals surface area contributed by atoms with Crippen molar-refractivity contribution in [3.8, 4) is 5.75 Å². The van der Waals surface area contributed by atoms with Crippen LogP contribution in [0.15, 0.2) is 36.4 Å². The van der Waals surface area contributed by atoms with Crippen molar-refractivity contribution in [1.29, 1.82) is 0 Å². The molecule has 0 fully saturated rings. The highest BCUT2D eigenvalue weighted by Crippen LogP contribution is 2.29. The summed E-state index contributed by atoms with van der Waals surface area (Å²) in [4.78, 5) is 12.4. The summed E-state index contributed by atoms with van der Waals surface area (Å²) in [5.74, 6) is 0.234. The maximum absolute atomic E-state index is 12.4. The summed E-state index contributed by atoms with van der Waals surface area (Å²) in [6, 6.07) is 9.72. The van der Waals surface area contributed by atoms with Crippen LogP contribution >= 0.6 is 23.2 Å². The van der Waals surface area contributed by atoms with Crippen molar-refractivity contribution in [2.45, 2.75) is 0 Å². The van der Waals surface area contributed by atoms with E-state index >= 15 is 0 Å². The first-order valence-electron chi connectivity index (χ1n) is 5.47. The smallest absolute Gasteiger partial charge is 0.196 e. The third-order valence-electron chi connectivity index (χ3n) is 2.69. The zero-order valence-electron chi connectivity index (χ0n) is 10.1. The van der Waals surface area contributed by atoms with E-state index in [2.05, 4.69) is 0 Å². The Balaban J connectivity index is 2.48. The number of rotatable bonds is 3. The number of carbonyl (C=O) groups is 1. The second kappa shape index (κ2) is 5.51. The maximum atomic E-state index is 12.4. The minimum Gasteiger partial charge on any atom is -0.495 e. The lowest BCUT2D eigenvalue weighted by Crippen LogP contribution is -2.06. The van der Waals surface area contributed by atoms with E-state index in [9.17, 15) is 4.79 Å². The van der Waals surface area contributed by atoms with E-state index in [-0.39, 0.29) is 11.3 Å². The highest BCUT2D eigenvalue weighted by molar-refractivity contribution is 6.36. The Morgan fingerprint density at radius 1 is 1.16 bits per heavy atom. The molecule has 0 unspecified atom stereocenters. The summed E-state index contributed by atoms with van der Waals surface area (Å²) in [6.45, 7) is 0. The monoisotopic (exact) mass is 295 g/mol. The number of methoxy groups -OCH3 is 1. The van der Waals surface area contributed by atoms with E-state index < -0.39 is 0 Å². The van der Waals surface area contributed by atoms with Gasteiger partial charge in [0.2, 0.25) is 0 Å². The molecule has 0 amide bonds. The molecule has 0 spiro atoms. The number of halogens is 2. The van der Waals surface area contributed by atoms with Crippen LogP contribution in [0.5, 0.6) is 5.75 Å². The largest absolute Gasteiger partial charge is 0.495 e. The van der Waals surface area contributed by atoms with Crippen LogP contribution in [0.2, 0.25) is 10.0 Å². The van der Waals surface area contributed by atoms with Crippen molar-refractivity contribution < 1.29 is 9.53 Å². The van der Waals surface area contributed by atoms with Crippen molar-refractivity contribution >= 4 is 34.7 Å². The third-order valence-corrected chi connectivity index (χ3v) is 3.30. The van der Waals surface area contributed by atoms with Crippen molar-refractivity contribution in [2.75, 3.05) is 12.8 Å². The molecule has 0 bridgehead atoms. The lowest BCUT2D eigenvalue weighted by molar-refractivity contribution is 0.103. The molecule has 2 aromatic carbocycles. The average Bonchev–Trinajstić information content (AvgIpc) is 2.38. The number of nitrogens with two attached hydrogens (primary N) is 1. The fraction of sp³-hybridized carbons (Fsp3) is 0.0714. The second-order valence-corrected chi connectivity index (χ2v) is 4.70. The molecule has 19 heavy (non-hydrogen) atoms. The average molecular weight is 296 g/mol. The van der Waals surface area contributed by atoms with Crippen LogP contribution in [0.4, 0.5) is 5.69 Å². The quantitative estimate of drug-likeness (QED) is 0.692. The molecule has 98 valence electrons. The molecule has 5 heteroatoms. The zero-order chi connectivity index (χ0) is 14.0. The summed E-state index contributed by atoms with van der Waals surface area (Å²) < 4.78 is 5.04. The summed E-state index contributed by atoms with van der Waals surface area (Å²) in [6.07, 6.45) is 0. The summed E-state index contributed by atoms with van der Waals surface area (Å²) in [5.41, 5.74) is 6.82. The van der Waals surface area contributed by atoms with Gasteiger partial charge in [-0.25, -0.2) is 0 Å². The van der Waals surface area contributed by atoms with Gasteiger partial charge in [0.15, 0.2) is 5.78 Å². The molecule has 2 aromatic rings. The number of hydrogen-bond donors (Lipinski definition) is 1. The van der Waals surface area contributed by atoms with Gasteiger partial charge in [0.25, 0.3) is 0 Å². The van der Waals surface area contributed by atoms with Crippen LogP contribution in [0.25, 0.3) is 0 Å². The molecule has 2 N–H and O–H groups in total. The van der Waals surface area contributed by atoms with Gasteiger partial charge in [0.1, 0.15) is 5.75 Å². The number of ether oxygens (including phenoxy) is 1. The van der Waals surface area contributed by atoms with E-state index in [4.69, 9.17) is 33.7 Å². The van der Waals surface area contributed by atoms with Crippen molar-refractivity contribution in [3.63, 3.8) is 0 Å². The minimum absolute atomic E-state index is 0.271. The number of benzene rings is 2. The van der Waals surface area contributed by atoms with E-state index in [1.165, 1.54) is 13.2 Å². The van der Waals surface area contributed by atoms with E-state index in [0.29, 0.717) is 27.0 Å². The Labute approximate surface area is 120 Å².